The van der Waals surface area contributed by atoms with Crippen molar-refractivity contribution in [1.82, 2.24) is 9.88 Å². The van der Waals surface area contributed by atoms with Gasteiger partial charge in [0.05, 0.1) is 5.69 Å². The largest absolute Gasteiger partial charge is 0.339 e. The summed E-state index contributed by atoms with van der Waals surface area (Å²) >= 11 is 0. The van der Waals surface area contributed by atoms with E-state index in [2.05, 4.69) is 18.8 Å². The van der Waals surface area contributed by atoms with Crippen molar-refractivity contribution in [3.05, 3.63) is 29.6 Å². The number of pyridine rings is 1. The molecular formula is C15H23N3O. The van der Waals surface area contributed by atoms with Gasteiger partial charge in [0.2, 0.25) is 0 Å². The van der Waals surface area contributed by atoms with Gasteiger partial charge in [-0.1, -0.05) is 20.3 Å². The smallest absolute Gasteiger partial charge is 0.253 e. The summed E-state index contributed by atoms with van der Waals surface area (Å²) in [6.45, 7) is 6.61. The van der Waals surface area contributed by atoms with E-state index in [-0.39, 0.29) is 5.91 Å². The number of hydrogen-bond donors (Lipinski definition) is 1. The summed E-state index contributed by atoms with van der Waals surface area (Å²) < 4.78 is 0. The van der Waals surface area contributed by atoms with Crippen LogP contribution in [0.15, 0.2) is 18.3 Å². The van der Waals surface area contributed by atoms with Crippen molar-refractivity contribution in [2.45, 2.75) is 39.7 Å². The first-order valence-electron chi connectivity index (χ1n) is 7.02. The van der Waals surface area contributed by atoms with E-state index in [1.165, 1.54) is 6.42 Å². The molecule has 0 aliphatic carbocycles. The number of carbonyl (C=O) groups excluding carboxylic acids is 1. The van der Waals surface area contributed by atoms with Gasteiger partial charge in [0.25, 0.3) is 5.91 Å². The summed E-state index contributed by atoms with van der Waals surface area (Å²) in [5, 5.41) is 0. The predicted molar refractivity (Wildman–Crippen MR) is 75.7 cm³/mol. The summed E-state index contributed by atoms with van der Waals surface area (Å²) in [5.41, 5.74) is 7.43. The molecule has 0 saturated carbocycles. The molecule has 0 bridgehead atoms. The Bertz CT molecular complexity index is 450. The molecule has 1 aromatic heterocycles. The monoisotopic (exact) mass is 261 g/mol. The molecule has 1 aliphatic heterocycles. The van der Waals surface area contributed by atoms with E-state index in [9.17, 15) is 4.79 Å². The van der Waals surface area contributed by atoms with Gasteiger partial charge in [-0.3, -0.25) is 9.78 Å². The van der Waals surface area contributed by atoms with Crippen LogP contribution < -0.4 is 5.73 Å². The average Bonchev–Trinajstić information content (AvgIpc) is 2.47. The quantitative estimate of drug-likeness (QED) is 0.907. The maximum absolute atomic E-state index is 12.4. The van der Waals surface area contributed by atoms with Crippen molar-refractivity contribution in [3.8, 4) is 0 Å². The molecule has 2 N–H and O–H groups in total. The van der Waals surface area contributed by atoms with Crippen LogP contribution in [0, 0.1) is 5.41 Å². The number of nitrogens with zero attached hydrogens (tertiary/aromatic N) is 2. The Hall–Kier alpha value is -1.42. The van der Waals surface area contributed by atoms with Crippen LogP contribution in [0.3, 0.4) is 0 Å². The lowest BCUT2D eigenvalue weighted by Gasteiger charge is -2.39. The first-order chi connectivity index (χ1) is 9.08. The number of nitrogens with two attached hydrogens (primary N) is 1. The molecule has 0 spiro atoms. The van der Waals surface area contributed by atoms with Crippen LogP contribution in [-0.4, -0.2) is 28.9 Å². The van der Waals surface area contributed by atoms with Crippen molar-refractivity contribution in [2.75, 3.05) is 13.1 Å². The molecular weight excluding hydrogens is 238 g/mol. The number of hydrogen-bond acceptors (Lipinski definition) is 3. The number of rotatable bonds is 3. The van der Waals surface area contributed by atoms with Gasteiger partial charge >= 0.3 is 0 Å². The van der Waals surface area contributed by atoms with Gasteiger partial charge in [-0.15, -0.1) is 0 Å². The molecule has 1 amide bonds. The molecule has 1 aliphatic rings. The standard InChI is InChI=1S/C15H23N3O/c1-3-15(2)5-8-18(9-6-15)14(19)12-4-7-17-13(10-12)11-16/h4,7,10H,3,5-6,8-9,11,16H2,1-2H3. The second-order valence-corrected chi connectivity index (χ2v) is 5.70. The van der Waals surface area contributed by atoms with Crippen molar-refractivity contribution in [3.63, 3.8) is 0 Å². The van der Waals surface area contributed by atoms with Gasteiger partial charge in [-0.25, -0.2) is 0 Å². The molecule has 0 aromatic carbocycles. The fourth-order valence-electron chi connectivity index (χ4n) is 2.51. The molecule has 1 aromatic rings. The van der Waals surface area contributed by atoms with Crippen LogP contribution in [0.25, 0.3) is 0 Å². The lowest BCUT2D eigenvalue weighted by atomic mass is 9.78. The highest BCUT2D eigenvalue weighted by Crippen LogP contribution is 2.34. The number of amides is 1. The maximum atomic E-state index is 12.4. The zero-order chi connectivity index (χ0) is 13.9. The van der Waals surface area contributed by atoms with Gasteiger partial charge in [0.15, 0.2) is 0 Å². The van der Waals surface area contributed by atoms with E-state index in [0.29, 0.717) is 17.5 Å². The molecule has 104 valence electrons. The highest BCUT2D eigenvalue weighted by atomic mass is 16.2. The van der Waals surface area contributed by atoms with E-state index < -0.39 is 0 Å². The Labute approximate surface area is 115 Å². The second kappa shape index (κ2) is 5.70. The highest BCUT2D eigenvalue weighted by Gasteiger charge is 2.30. The van der Waals surface area contributed by atoms with Gasteiger partial charge in [-0.2, -0.15) is 0 Å². The van der Waals surface area contributed by atoms with Crippen molar-refractivity contribution < 1.29 is 4.79 Å². The first kappa shape index (κ1) is 14.0. The molecule has 1 saturated heterocycles. The van der Waals surface area contributed by atoms with Crippen LogP contribution in [0.1, 0.15) is 49.2 Å². The molecule has 1 fully saturated rings. The fraction of sp³-hybridized carbons (Fsp3) is 0.600. The Morgan fingerprint density at radius 3 is 2.74 bits per heavy atom. The second-order valence-electron chi connectivity index (χ2n) is 5.70. The lowest BCUT2D eigenvalue weighted by Crippen LogP contribution is -2.42. The topological polar surface area (TPSA) is 59.2 Å². The molecule has 2 rings (SSSR count). The molecule has 0 unspecified atom stereocenters. The zero-order valence-corrected chi connectivity index (χ0v) is 11.9. The molecule has 19 heavy (non-hydrogen) atoms. The SMILES string of the molecule is CCC1(C)CCN(C(=O)c2ccnc(CN)c2)CC1. The Kier molecular flexibility index (Phi) is 4.20. The molecule has 4 heteroatoms. The maximum Gasteiger partial charge on any atom is 0.253 e. The zero-order valence-electron chi connectivity index (χ0n) is 11.9. The lowest BCUT2D eigenvalue weighted by molar-refractivity contribution is 0.0600. The minimum atomic E-state index is 0.107. The summed E-state index contributed by atoms with van der Waals surface area (Å²) in [4.78, 5) is 18.5. The van der Waals surface area contributed by atoms with E-state index >= 15 is 0 Å². The molecule has 0 radical (unpaired) electrons. The van der Waals surface area contributed by atoms with Crippen molar-refractivity contribution in [1.29, 1.82) is 0 Å². The van der Waals surface area contributed by atoms with E-state index in [1.807, 2.05) is 4.90 Å². The summed E-state index contributed by atoms with van der Waals surface area (Å²) in [6, 6.07) is 3.57. The third-order valence-electron chi connectivity index (χ3n) is 4.38. The van der Waals surface area contributed by atoms with E-state index in [1.54, 1.807) is 18.3 Å². The normalized spacial score (nSPS) is 18.4. The fourth-order valence-corrected chi connectivity index (χ4v) is 2.51. The Morgan fingerprint density at radius 2 is 2.16 bits per heavy atom. The third-order valence-corrected chi connectivity index (χ3v) is 4.38. The minimum Gasteiger partial charge on any atom is -0.339 e. The van der Waals surface area contributed by atoms with Crippen LogP contribution in [0.2, 0.25) is 0 Å². The van der Waals surface area contributed by atoms with Crippen molar-refractivity contribution >= 4 is 5.91 Å². The van der Waals surface area contributed by atoms with Crippen LogP contribution >= 0.6 is 0 Å². The first-order valence-corrected chi connectivity index (χ1v) is 7.02. The molecule has 0 atom stereocenters. The van der Waals surface area contributed by atoms with Crippen LogP contribution in [-0.2, 0) is 6.54 Å². The number of piperidine rings is 1. The van der Waals surface area contributed by atoms with Crippen LogP contribution in [0.4, 0.5) is 0 Å². The number of likely N-dealkylation sites (tertiary alicyclic amines) is 1. The van der Waals surface area contributed by atoms with Crippen molar-refractivity contribution in [2.24, 2.45) is 11.1 Å². The number of aromatic nitrogens is 1. The molecule has 2 heterocycles. The highest BCUT2D eigenvalue weighted by molar-refractivity contribution is 5.94. The van der Waals surface area contributed by atoms with Crippen LogP contribution in [0.5, 0.6) is 0 Å². The van der Waals surface area contributed by atoms with Gasteiger partial charge in [0, 0.05) is 31.4 Å². The Balaban J connectivity index is 2.05. The Morgan fingerprint density at radius 1 is 1.47 bits per heavy atom. The van der Waals surface area contributed by atoms with E-state index in [4.69, 9.17) is 5.73 Å². The van der Waals surface area contributed by atoms with E-state index in [0.717, 1.165) is 31.6 Å². The summed E-state index contributed by atoms with van der Waals surface area (Å²) in [5.74, 6) is 0.107. The van der Waals surface area contributed by atoms with Gasteiger partial charge in [0.1, 0.15) is 0 Å². The average molecular weight is 261 g/mol. The summed E-state index contributed by atoms with van der Waals surface area (Å²) in [6.07, 6.45) is 5.02. The number of carbonyl (C=O) groups is 1. The third kappa shape index (κ3) is 3.13. The van der Waals surface area contributed by atoms with Gasteiger partial charge in [-0.05, 0) is 30.4 Å². The molecule has 4 nitrogen and oxygen atoms in total. The minimum absolute atomic E-state index is 0.107. The predicted octanol–water partition coefficient (Wildman–Crippen LogP) is 2.19. The summed E-state index contributed by atoms with van der Waals surface area (Å²) in [7, 11) is 0. The van der Waals surface area contributed by atoms with Gasteiger partial charge < -0.3 is 10.6 Å².